The molecule has 0 saturated heterocycles. The van der Waals surface area contributed by atoms with Crippen LogP contribution in [0, 0.1) is 11.8 Å². The molecular formula is C12H12O4. The van der Waals surface area contributed by atoms with Crippen LogP contribution in [0.4, 0.5) is 0 Å². The maximum absolute atomic E-state index is 10.8. The minimum Gasteiger partial charge on any atom is -0.504 e. The fraction of sp³-hybridized carbons (Fsp3) is 0.250. The molecule has 0 atom stereocenters. The average Bonchev–Trinajstić information content (AvgIpc) is 2.30. The molecule has 0 unspecified atom stereocenters. The number of hydrogen-bond donors (Lipinski definition) is 2. The number of aliphatic hydroxyl groups excluding tert-OH is 1. The van der Waals surface area contributed by atoms with Gasteiger partial charge in [0.05, 0.1) is 13.7 Å². The molecule has 0 aliphatic rings. The van der Waals surface area contributed by atoms with E-state index < -0.39 is 0 Å². The normalized spacial score (nSPS) is 9.12. The van der Waals surface area contributed by atoms with Crippen LogP contribution in [-0.4, -0.2) is 30.2 Å². The number of benzene rings is 1. The first kappa shape index (κ1) is 12.1. The Morgan fingerprint density at radius 2 is 2.25 bits per heavy atom. The molecule has 0 heterocycles. The molecule has 1 rings (SSSR count). The van der Waals surface area contributed by atoms with E-state index in [1.807, 2.05) is 0 Å². The molecule has 0 fully saturated rings. The zero-order valence-electron chi connectivity index (χ0n) is 8.86. The van der Waals surface area contributed by atoms with Gasteiger partial charge in [0, 0.05) is 23.6 Å². The standard InChI is InChI=1S/C12H12O4/c1-16-12-7-10(8-14)9(6-11(12)15)4-2-3-5-13/h6-8,13,15H,3,5H2,1H3. The Kier molecular flexibility index (Phi) is 4.37. The fourth-order valence-corrected chi connectivity index (χ4v) is 1.17. The third-order valence-electron chi connectivity index (χ3n) is 1.94. The van der Waals surface area contributed by atoms with E-state index in [0.717, 1.165) is 0 Å². The van der Waals surface area contributed by atoms with E-state index in [1.165, 1.54) is 19.2 Å². The maximum atomic E-state index is 10.8. The second kappa shape index (κ2) is 5.79. The summed E-state index contributed by atoms with van der Waals surface area (Å²) in [7, 11) is 1.40. The molecule has 0 aliphatic carbocycles. The van der Waals surface area contributed by atoms with Gasteiger partial charge in [-0.25, -0.2) is 0 Å². The first-order chi connectivity index (χ1) is 7.72. The summed E-state index contributed by atoms with van der Waals surface area (Å²) in [5.41, 5.74) is 0.766. The summed E-state index contributed by atoms with van der Waals surface area (Å²) in [6.45, 7) is -0.0362. The van der Waals surface area contributed by atoms with Crippen LogP contribution >= 0.6 is 0 Å². The van der Waals surface area contributed by atoms with Crippen molar-refractivity contribution in [2.75, 3.05) is 13.7 Å². The average molecular weight is 220 g/mol. The van der Waals surface area contributed by atoms with Gasteiger partial charge in [0.1, 0.15) is 0 Å². The molecule has 1 aromatic rings. The molecule has 0 aromatic heterocycles. The molecule has 0 saturated carbocycles. The fourth-order valence-electron chi connectivity index (χ4n) is 1.17. The lowest BCUT2D eigenvalue weighted by Gasteiger charge is -2.05. The molecule has 2 N–H and O–H groups in total. The predicted octanol–water partition coefficient (Wildman–Crippen LogP) is 0.947. The summed E-state index contributed by atoms with van der Waals surface area (Å²) >= 11 is 0. The Hall–Kier alpha value is -1.99. The molecule has 84 valence electrons. The number of methoxy groups -OCH3 is 1. The van der Waals surface area contributed by atoms with Crippen LogP contribution in [0.15, 0.2) is 12.1 Å². The molecule has 0 aliphatic heterocycles. The van der Waals surface area contributed by atoms with Crippen LogP contribution < -0.4 is 4.74 Å². The number of rotatable bonds is 3. The van der Waals surface area contributed by atoms with E-state index in [1.54, 1.807) is 0 Å². The van der Waals surface area contributed by atoms with Gasteiger partial charge in [0.15, 0.2) is 17.8 Å². The smallest absolute Gasteiger partial charge is 0.161 e. The molecule has 0 radical (unpaired) electrons. The largest absolute Gasteiger partial charge is 0.504 e. The van der Waals surface area contributed by atoms with Gasteiger partial charge in [-0.3, -0.25) is 4.79 Å². The van der Waals surface area contributed by atoms with E-state index >= 15 is 0 Å². The van der Waals surface area contributed by atoms with E-state index in [0.29, 0.717) is 23.8 Å². The highest BCUT2D eigenvalue weighted by molar-refractivity contribution is 5.81. The van der Waals surface area contributed by atoms with Crippen LogP contribution in [0.2, 0.25) is 0 Å². The quantitative estimate of drug-likeness (QED) is 0.588. The molecule has 4 nitrogen and oxygen atoms in total. The number of phenols is 1. The number of ether oxygens (including phenoxy) is 1. The summed E-state index contributed by atoms with van der Waals surface area (Å²) in [5, 5.41) is 18.1. The Balaban J connectivity index is 3.14. The number of aliphatic hydroxyl groups is 1. The molecule has 0 spiro atoms. The van der Waals surface area contributed by atoms with Crippen molar-refractivity contribution in [2.45, 2.75) is 6.42 Å². The summed E-state index contributed by atoms with van der Waals surface area (Å²) in [6, 6.07) is 2.79. The van der Waals surface area contributed by atoms with Crippen molar-refractivity contribution >= 4 is 6.29 Å². The van der Waals surface area contributed by atoms with Gasteiger partial charge in [-0.05, 0) is 6.07 Å². The van der Waals surface area contributed by atoms with Crippen molar-refractivity contribution in [3.05, 3.63) is 23.3 Å². The zero-order chi connectivity index (χ0) is 12.0. The second-order valence-electron chi connectivity index (χ2n) is 3.00. The van der Waals surface area contributed by atoms with E-state index in [9.17, 15) is 9.90 Å². The number of carbonyl (C=O) groups excluding carboxylic acids is 1. The third kappa shape index (κ3) is 2.75. The monoisotopic (exact) mass is 220 g/mol. The van der Waals surface area contributed by atoms with Gasteiger partial charge in [0.2, 0.25) is 0 Å². The Morgan fingerprint density at radius 1 is 1.50 bits per heavy atom. The van der Waals surface area contributed by atoms with Gasteiger partial charge in [-0.2, -0.15) is 0 Å². The Labute approximate surface area is 93.5 Å². The summed E-state index contributed by atoms with van der Waals surface area (Å²) < 4.78 is 4.87. The molecule has 0 bridgehead atoms. The van der Waals surface area contributed by atoms with E-state index in [-0.39, 0.29) is 18.1 Å². The highest BCUT2D eigenvalue weighted by Crippen LogP contribution is 2.28. The lowest BCUT2D eigenvalue weighted by atomic mass is 10.1. The van der Waals surface area contributed by atoms with Crippen molar-refractivity contribution < 1.29 is 19.7 Å². The van der Waals surface area contributed by atoms with E-state index in [4.69, 9.17) is 9.84 Å². The molecular weight excluding hydrogens is 208 g/mol. The number of carbonyl (C=O) groups is 1. The molecule has 1 aromatic carbocycles. The minimum absolute atomic E-state index is 0.0362. The van der Waals surface area contributed by atoms with Crippen LogP contribution in [0.25, 0.3) is 0 Å². The summed E-state index contributed by atoms with van der Waals surface area (Å²) in [6.07, 6.45) is 0.968. The van der Waals surface area contributed by atoms with Gasteiger partial charge in [0.25, 0.3) is 0 Å². The van der Waals surface area contributed by atoms with Crippen LogP contribution in [0.1, 0.15) is 22.3 Å². The Morgan fingerprint density at radius 3 is 2.81 bits per heavy atom. The topological polar surface area (TPSA) is 66.8 Å². The van der Waals surface area contributed by atoms with Crippen molar-refractivity contribution in [3.8, 4) is 23.3 Å². The molecule has 16 heavy (non-hydrogen) atoms. The van der Waals surface area contributed by atoms with Crippen molar-refractivity contribution in [2.24, 2.45) is 0 Å². The van der Waals surface area contributed by atoms with Gasteiger partial charge >= 0.3 is 0 Å². The van der Waals surface area contributed by atoms with Crippen molar-refractivity contribution in [1.82, 2.24) is 0 Å². The number of phenolic OH excluding ortho intramolecular Hbond substituents is 1. The van der Waals surface area contributed by atoms with Gasteiger partial charge in [-0.1, -0.05) is 11.8 Å². The second-order valence-corrected chi connectivity index (χ2v) is 3.00. The zero-order valence-corrected chi connectivity index (χ0v) is 8.86. The lowest BCUT2D eigenvalue weighted by Crippen LogP contribution is -1.91. The molecule has 4 heteroatoms. The SMILES string of the molecule is COc1cc(C=O)c(C#CCCO)cc1O. The van der Waals surface area contributed by atoms with E-state index in [2.05, 4.69) is 11.8 Å². The van der Waals surface area contributed by atoms with Crippen molar-refractivity contribution in [1.29, 1.82) is 0 Å². The summed E-state index contributed by atoms with van der Waals surface area (Å²) in [4.78, 5) is 10.8. The predicted molar refractivity (Wildman–Crippen MR) is 58.6 cm³/mol. The lowest BCUT2D eigenvalue weighted by molar-refractivity contribution is 0.112. The highest BCUT2D eigenvalue weighted by Gasteiger charge is 2.07. The van der Waals surface area contributed by atoms with Crippen LogP contribution in [-0.2, 0) is 0 Å². The number of aldehydes is 1. The number of hydrogen-bond acceptors (Lipinski definition) is 4. The van der Waals surface area contributed by atoms with Gasteiger partial charge < -0.3 is 14.9 Å². The third-order valence-corrected chi connectivity index (χ3v) is 1.94. The first-order valence-electron chi connectivity index (χ1n) is 4.68. The van der Waals surface area contributed by atoms with Crippen LogP contribution in [0.5, 0.6) is 11.5 Å². The highest BCUT2D eigenvalue weighted by atomic mass is 16.5. The van der Waals surface area contributed by atoms with Gasteiger partial charge in [-0.15, -0.1) is 0 Å². The van der Waals surface area contributed by atoms with Crippen molar-refractivity contribution in [3.63, 3.8) is 0 Å². The maximum Gasteiger partial charge on any atom is 0.161 e. The van der Waals surface area contributed by atoms with Crippen LogP contribution in [0.3, 0.4) is 0 Å². The molecule has 0 amide bonds. The first-order valence-corrected chi connectivity index (χ1v) is 4.68. The minimum atomic E-state index is -0.0681. The Bertz CT molecular complexity index is 440. The number of aromatic hydroxyl groups is 1. The summed E-state index contributed by atoms with van der Waals surface area (Å²) in [5.74, 6) is 5.54.